The Hall–Kier alpha value is -1.25. The number of aromatic nitrogens is 1. The lowest BCUT2D eigenvalue weighted by Gasteiger charge is -2.06. The molecule has 0 spiro atoms. The molecule has 0 fully saturated rings. The van der Waals surface area contributed by atoms with E-state index in [1.807, 2.05) is 16.7 Å². The van der Waals surface area contributed by atoms with Gasteiger partial charge in [0, 0.05) is 31.1 Å². The molecule has 16 heavy (non-hydrogen) atoms. The average molecular weight is 254 g/mol. The predicted molar refractivity (Wildman–Crippen MR) is 66.3 cm³/mol. The molecular weight excluding hydrogens is 245 g/mol. The van der Waals surface area contributed by atoms with E-state index in [2.05, 4.69) is 0 Å². The lowest BCUT2D eigenvalue weighted by Crippen LogP contribution is -2.04. The van der Waals surface area contributed by atoms with E-state index in [9.17, 15) is 4.79 Å². The molecule has 0 bridgehead atoms. The number of hydrogen-bond donors (Lipinski definition) is 0. The van der Waals surface area contributed by atoms with Crippen molar-refractivity contribution < 1.29 is 0 Å². The SMILES string of the molecule is O=c1ccn(Cc2ccc(Cl)c(Cl)c2)cc1. The van der Waals surface area contributed by atoms with E-state index < -0.39 is 0 Å². The summed E-state index contributed by atoms with van der Waals surface area (Å²) in [5, 5.41) is 1.09. The second-order valence-corrected chi connectivity index (χ2v) is 4.27. The molecule has 4 heteroatoms. The highest BCUT2D eigenvalue weighted by Gasteiger charge is 1.99. The molecule has 0 atom stereocenters. The van der Waals surface area contributed by atoms with Crippen LogP contribution in [0.1, 0.15) is 5.56 Å². The van der Waals surface area contributed by atoms with Crippen LogP contribution in [-0.2, 0) is 6.54 Å². The highest BCUT2D eigenvalue weighted by Crippen LogP contribution is 2.22. The highest BCUT2D eigenvalue weighted by molar-refractivity contribution is 6.42. The second-order valence-electron chi connectivity index (χ2n) is 3.45. The van der Waals surface area contributed by atoms with Crippen LogP contribution >= 0.6 is 23.2 Å². The summed E-state index contributed by atoms with van der Waals surface area (Å²) in [5.74, 6) is 0. The zero-order valence-electron chi connectivity index (χ0n) is 8.36. The van der Waals surface area contributed by atoms with Crippen molar-refractivity contribution >= 4 is 23.2 Å². The molecule has 0 saturated heterocycles. The number of nitrogens with zero attached hydrogens (tertiary/aromatic N) is 1. The third kappa shape index (κ3) is 2.65. The molecule has 2 aromatic rings. The van der Waals surface area contributed by atoms with Gasteiger partial charge < -0.3 is 4.57 Å². The van der Waals surface area contributed by atoms with Gasteiger partial charge in [-0.15, -0.1) is 0 Å². The van der Waals surface area contributed by atoms with Crippen LogP contribution in [0.5, 0.6) is 0 Å². The van der Waals surface area contributed by atoms with Crippen molar-refractivity contribution in [3.8, 4) is 0 Å². The van der Waals surface area contributed by atoms with E-state index >= 15 is 0 Å². The van der Waals surface area contributed by atoms with Gasteiger partial charge in [-0.3, -0.25) is 4.79 Å². The molecule has 1 heterocycles. The molecule has 0 amide bonds. The number of hydrogen-bond acceptors (Lipinski definition) is 1. The summed E-state index contributed by atoms with van der Waals surface area (Å²) in [7, 11) is 0. The Balaban J connectivity index is 2.23. The minimum Gasteiger partial charge on any atom is -0.350 e. The summed E-state index contributed by atoms with van der Waals surface area (Å²) in [6.45, 7) is 0.664. The van der Waals surface area contributed by atoms with Gasteiger partial charge in [-0.2, -0.15) is 0 Å². The summed E-state index contributed by atoms with van der Waals surface area (Å²) < 4.78 is 1.90. The van der Waals surface area contributed by atoms with Crippen molar-refractivity contribution in [2.45, 2.75) is 6.54 Å². The Morgan fingerprint density at radius 3 is 2.31 bits per heavy atom. The maximum Gasteiger partial charge on any atom is 0.181 e. The summed E-state index contributed by atoms with van der Waals surface area (Å²) in [5.41, 5.74) is 1.04. The summed E-state index contributed by atoms with van der Waals surface area (Å²) in [4.78, 5) is 10.9. The van der Waals surface area contributed by atoms with Gasteiger partial charge in [0.2, 0.25) is 0 Å². The number of pyridine rings is 1. The normalized spacial score (nSPS) is 10.4. The first-order chi connectivity index (χ1) is 7.65. The molecule has 1 aromatic carbocycles. The number of benzene rings is 1. The summed E-state index contributed by atoms with van der Waals surface area (Å²) >= 11 is 11.7. The smallest absolute Gasteiger partial charge is 0.181 e. The fourth-order valence-electron chi connectivity index (χ4n) is 1.40. The number of rotatable bonds is 2. The first-order valence-electron chi connectivity index (χ1n) is 4.75. The monoisotopic (exact) mass is 253 g/mol. The number of halogens is 2. The molecule has 0 unspecified atom stereocenters. The third-order valence-corrected chi connectivity index (χ3v) is 2.95. The molecular formula is C12H9Cl2NO. The van der Waals surface area contributed by atoms with Crippen molar-refractivity contribution in [3.63, 3.8) is 0 Å². The van der Waals surface area contributed by atoms with E-state index in [1.165, 1.54) is 12.1 Å². The van der Waals surface area contributed by atoms with Gasteiger partial charge in [0.1, 0.15) is 0 Å². The zero-order valence-corrected chi connectivity index (χ0v) is 9.87. The quantitative estimate of drug-likeness (QED) is 0.806. The van der Waals surface area contributed by atoms with Gasteiger partial charge in [-0.05, 0) is 17.7 Å². The van der Waals surface area contributed by atoms with Crippen LogP contribution in [0.25, 0.3) is 0 Å². The molecule has 0 saturated carbocycles. The minimum atomic E-state index is 0.00499. The minimum absolute atomic E-state index is 0.00499. The largest absolute Gasteiger partial charge is 0.350 e. The fraction of sp³-hybridized carbons (Fsp3) is 0.0833. The molecule has 0 aliphatic carbocycles. The van der Waals surface area contributed by atoms with Gasteiger partial charge in [0.15, 0.2) is 5.43 Å². The van der Waals surface area contributed by atoms with Crippen molar-refractivity contribution in [2.75, 3.05) is 0 Å². The van der Waals surface area contributed by atoms with Gasteiger partial charge in [-0.1, -0.05) is 29.3 Å². The Bertz CT molecular complexity index is 543. The maximum absolute atomic E-state index is 10.9. The van der Waals surface area contributed by atoms with Gasteiger partial charge in [0.05, 0.1) is 10.0 Å². The Labute approximate surface area is 103 Å². The standard InChI is InChI=1S/C12H9Cl2NO/c13-11-2-1-9(7-12(11)14)8-15-5-3-10(16)4-6-15/h1-7H,8H2. The van der Waals surface area contributed by atoms with Gasteiger partial charge in [0.25, 0.3) is 0 Å². The maximum atomic E-state index is 10.9. The van der Waals surface area contributed by atoms with Crippen molar-refractivity contribution in [3.05, 3.63) is 68.6 Å². The Kier molecular flexibility index (Phi) is 3.32. The topological polar surface area (TPSA) is 22.0 Å². The van der Waals surface area contributed by atoms with Gasteiger partial charge in [-0.25, -0.2) is 0 Å². The lowest BCUT2D eigenvalue weighted by molar-refractivity contribution is 0.789. The van der Waals surface area contributed by atoms with E-state index in [4.69, 9.17) is 23.2 Å². The second kappa shape index (κ2) is 4.73. The first kappa shape index (κ1) is 11.2. The highest BCUT2D eigenvalue weighted by atomic mass is 35.5. The molecule has 2 rings (SSSR count). The van der Waals surface area contributed by atoms with Crippen LogP contribution in [-0.4, -0.2) is 4.57 Å². The molecule has 1 aromatic heterocycles. The summed E-state index contributed by atoms with van der Waals surface area (Å²) in [6, 6.07) is 8.55. The molecule has 82 valence electrons. The Morgan fingerprint density at radius 1 is 1.00 bits per heavy atom. The van der Waals surface area contributed by atoms with Crippen molar-refractivity contribution in [1.82, 2.24) is 4.57 Å². The van der Waals surface area contributed by atoms with Crippen LogP contribution in [0, 0.1) is 0 Å². The first-order valence-corrected chi connectivity index (χ1v) is 5.51. The molecule has 0 radical (unpaired) electrons. The van der Waals surface area contributed by atoms with E-state index in [-0.39, 0.29) is 5.43 Å². The van der Waals surface area contributed by atoms with Crippen LogP contribution in [0.4, 0.5) is 0 Å². The Morgan fingerprint density at radius 2 is 1.69 bits per heavy atom. The molecule has 0 aliphatic rings. The molecule has 2 nitrogen and oxygen atoms in total. The van der Waals surface area contributed by atoms with Gasteiger partial charge >= 0.3 is 0 Å². The van der Waals surface area contributed by atoms with E-state index in [1.54, 1.807) is 18.5 Å². The fourth-order valence-corrected chi connectivity index (χ4v) is 1.72. The van der Waals surface area contributed by atoms with Crippen molar-refractivity contribution in [2.24, 2.45) is 0 Å². The molecule has 0 N–H and O–H groups in total. The zero-order chi connectivity index (χ0) is 11.5. The van der Waals surface area contributed by atoms with E-state index in [0.717, 1.165) is 5.56 Å². The predicted octanol–water partition coefficient (Wildman–Crippen LogP) is 3.20. The van der Waals surface area contributed by atoms with Crippen LogP contribution in [0.2, 0.25) is 10.0 Å². The molecule has 0 aliphatic heterocycles. The van der Waals surface area contributed by atoms with Crippen LogP contribution < -0.4 is 5.43 Å². The average Bonchev–Trinajstić information content (AvgIpc) is 2.27. The third-order valence-electron chi connectivity index (χ3n) is 2.21. The summed E-state index contributed by atoms with van der Waals surface area (Å²) in [6.07, 6.45) is 3.48. The van der Waals surface area contributed by atoms with E-state index in [0.29, 0.717) is 16.6 Å². The van der Waals surface area contributed by atoms with Crippen LogP contribution in [0.15, 0.2) is 47.5 Å². The van der Waals surface area contributed by atoms with Crippen molar-refractivity contribution in [1.29, 1.82) is 0 Å². The van der Waals surface area contributed by atoms with Crippen LogP contribution in [0.3, 0.4) is 0 Å². The lowest BCUT2D eigenvalue weighted by atomic mass is 10.2.